The average Bonchev–Trinajstić information content (AvgIpc) is 3.17. The van der Waals surface area contributed by atoms with Crippen LogP contribution in [0.5, 0.6) is 11.5 Å². The first-order valence-corrected chi connectivity index (χ1v) is 10.3. The molecule has 0 radical (unpaired) electrons. The van der Waals surface area contributed by atoms with Crippen LogP contribution in [0, 0.1) is 5.92 Å². The van der Waals surface area contributed by atoms with Crippen LogP contribution in [0.3, 0.4) is 0 Å². The summed E-state index contributed by atoms with van der Waals surface area (Å²) in [5.41, 5.74) is 1.86. The number of fused-ring (bicyclic) bond motifs is 1. The summed E-state index contributed by atoms with van der Waals surface area (Å²) in [6, 6.07) is 12.4. The number of carboxylic acids is 1. The average molecular weight is 423 g/mol. The van der Waals surface area contributed by atoms with E-state index in [1.165, 1.54) is 0 Å². The van der Waals surface area contributed by atoms with Gasteiger partial charge >= 0.3 is 5.97 Å². The Bertz CT molecular complexity index is 1080. The van der Waals surface area contributed by atoms with E-state index in [-0.39, 0.29) is 5.78 Å². The normalized spacial score (nSPS) is 14.5. The number of benzene rings is 2. The molecule has 1 saturated heterocycles. The molecule has 0 bridgehead atoms. The Morgan fingerprint density at radius 3 is 2.55 bits per heavy atom. The fourth-order valence-electron chi connectivity index (χ4n) is 4.01. The first-order valence-electron chi connectivity index (χ1n) is 10.3. The highest BCUT2D eigenvalue weighted by atomic mass is 16.5. The van der Waals surface area contributed by atoms with E-state index in [4.69, 9.17) is 19.3 Å². The van der Waals surface area contributed by atoms with Crippen LogP contribution in [0.4, 0.5) is 0 Å². The number of aliphatic carboxylic acids is 1. The van der Waals surface area contributed by atoms with Crippen molar-refractivity contribution in [2.24, 2.45) is 5.92 Å². The van der Waals surface area contributed by atoms with Crippen molar-refractivity contribution < 1.29 is 28.9 Å². The molecule has 0 unspecified atom stereocenters. The van der Waals surface area contributed by atoms with Gasteiger partial charge < -0.3 is 23.9 Å². The van der Waals surface area contributed by atoms with Gasteiger partial charge in [0, 0.05) is 42.5 Å². The molecular formula is C24H25NO6. The van der Waals surface area contributed by atoms with Gasteiger partial charge in [-0.25, -0.2) is 4.79 Å². The largest absolute Gasteiger partial charge is 0.497 e. The van der Waals surface area contributed by atoms with Crippen molar-refractivity contribution in [1.29, 1.82) is 0 Å². The molecule has 1 aliphatic heterocycles. The van der Waals surface area contributed by atoms with Crippen molar-refractivity contribution in [3.8, 4) is 11.5 Å². The summed E-state index contributed by atoms with van der Waals surface area (Å²) in [6.45, 7) is 1.72. The molecule has 0 atom stereocenters. The number of rotatable bonds is 8. The summed E-state index contributed by atoms with van der Waals surface area (Å²) < 4.78 is 18.2. The predicted molar refractivity (Wildman–Crippen MR) is 115 cm³/mol. The molecule has 7 heteroatoms. The lowest BCUT2D eigenvalue weighted by Crippen LogP contribution is -2.20. The number of para-hydroxylation sites is 1. The lowest BCUT2D eigenvalue weighted by molar-refractivity contribution is -0.139. The molecule has 162 valence electrons. The number of hydrogen-bond donors (Lipinski definition) is 1. The zero-order valence-corrected chi connectivity index (χ0v) is 17.4. The van der Waals surface area contributed by atoms with Gasteiger partial charge in [0.1, 0.15) is 11.5 Å². The Labute approximate surface area is 180 Å². The lowest BCUT2D eigenvalue weighted by Gasteiger charge is -2.23. The lowest BCUT2D eigenvalue weighted by atomic mass is 10.0. The molecule has 2 heterocycles. The van der Waals surface area contributed by atoms with Gasteiger partial charge in [0.15, 0.2) is 12.4 Å². The Morgan fingerprint density at radius 2 is 1.87 bits per heavy atom. The van der Waals surface area contributed by atoms with Crippen LogP contribution in [0.1, 0.15) is 28.8 Å². The first-order chi connectivity index (χ1) is 15.1. The van der Waals surface area contributed by atoms with Crippen LogP contribution >= 0.6 is 0 Å². The van der Waals surface area contributed by atoms with Gasteiger partial charge in [0.25, 0.3) is 0 Å². The van der Waals surface area contributed by atoms with Crippen LogP contribution in [0.2, 0.25) is 0 Å². The number of carbonyl (C=O) groups excluding carboxylic acids is 1. The van der Waals surface area contributed by atoms with Crippen LogP contribution < -0.4 is 9.47 Å². The summed E-state index contributed by atoms with van der Waals surface area (Å²) in [6.07, 6.45) is 3.75. The third kappa shape index (κ3) is 4.56. The van der Waals surface area contributed by atoms with Gasteiger partial charge in [-0.3, -0.25) is 4.79 Å². The molecule has 1 aromatic heterocycles. The molecule has 3 aromatic rings. The second-order valence-corrected chi connectivity index (χ2v) is 7.64. The van der Waals surface area contributed by atoms with E-state index in [1.54, 1.807) is 43.5 Å². The fourth-order valence-corrected chi connectivity index (χ4v) is 4.01. The van der Waals surface area contributed by atoms with E-state index in [1.807, 2.05) is 16.8 Å². The maximum absolute atomic E-state index is 13.3. The van der Waals surface area contributed by atoms with Gasteiger partial charge in [-0.15, -0.1) is 0 Å². The van der Waals surface area contributed by atoms with Gasteiger partial charge in [-0.2, -0.15) is 0 Å². The Hall–Kier alpha value is -3.32. The van der Waals surface area contributed by atoms with Gasteiger partial charge in [-0.05, 0) is 49.1 Å². The van der Waals surface area contributed by atoms with Gasteiger partial charge in [0.2, 0.25) is 0 Å². The molecule has 1 N–H and O–H groups in total. The minimum Gasteiger partial charge on any atom is -0.497 e. The molecule has 0 spiro atoms. The highest BCUT2D eigenvalue weighted by Crippen LogP contribution is 2.33. The molecule has 1 aliphatic rings. The summed E-state index contributed by atoms with van der Waals surface area (Å²) in [5.74, 6) is 0.409. The topological polar surface area (TPSA) is 87.0 Å². The van der Waals surface area contributed by atoms with Crippen molar-refractivity contribution in [3.63, 3.8) is 0 Å². The van der Waals surface area contributed by atoms with Gasteiger partial charge in [0.05, 0.1) is 12.6 Å². The van der Waals surface area contributed by atoms with Crippen molar-refractivity contribution in [2.45, 2.75) is 19.4 Å². The van der Waals surface area contributed by atoms with Crippen molar-refractivity contribution in [3.05, 3.63) is 59.8 Å². The van der Waals surface area contributed by atoms with Crippen molar-refractivity contribution in [1.82, 2.24) is 4.57 Å². The molecule has 4 rings (SSSR count). The van der Waals surface area contributed by atoms with E-state index in [9.17, 15) is 9.59 Å². The first kappa shape index (κ1) is 20.9. The van der Waals surface area contributed by atoms with E-state index in [2.05, 4.69) is 0 Å². The molecule has 0 saturated carbocycles. The number of ketones is 1. The molecule has 7 nitrogen and oxygen atoms in total. The number of carboxylic acid groups (broad SMARTS) is 1. The van der Waals surface area contributed by atoms with E-state index < -0.39 is 12.6 Å². The van der Waals surface area contributed by atoms with E-state index in [0.29, 0.717) is 35.1 Å². The maximum Gasteiger partial charge on any atom is 0.341 e. The third-order valence-electron chi connectivity index (χ3n) is 5.61. The highest BCUT2D eigenvalue weighted by Gasteiger charge is 2.22. The van der Waals surface area contributed by atoms with Crippen LogP contribution in [-0.2, 0) is 16.1 Å². The number of carbonyl (C=O) groups is 2. The number of nitrogens with zero attached hydrogens (tertiary/aromatic N) is 1. The summed E-state index contributed by atoms with van der Waals surface area (Å²) >= 11 is 0. The van der Waals surface area contributed by atoms with Crippen LogP contribution in [-0.4, -0.2) is 48.4 Å². The summed E-state index contributed by atoms with van der Waals surface area (Å²) in [7, 11) is 1.58. The maximum atomic E-state index is 13.3. The minimum atomic E-state index is -1.05. The summed E-state index contributed by atoms with van der Waals surface area (Å²) in [4.78, 5) is 24.4. The van der Waals surface area contributed by atoms with Crippen LogP contribution in [0.15, 0.2) is 48.7 Å². The van der Waals surface area contributed by atoms with Gasteiger partial charge in [-0.1, -0.05) is 12.1 Å². The SMILES string of the molecule is COc1ccc(C(=O)c2cn(CC3CCOCC3)c3c(OCC(=O)O)cccc23)cc1. The second-order valence-electron chi connectivity index (χ2n) is 7.64. The zero-order valence-electron chi connectivity index (χ0n) is 17.4. The Morgan fingerprint density at radius 1 is 1.13 bits per heavy atom. The molecular weight excluding hydrogens is 398 g/mol. The van der Waals surface area contributed by atoms with E-state index >= 15 is 0 Å². The molecule has 1 fully saturated rings. The standard InChI is InChI=1S/C24H25NO6/c1-29-18-7-5-17(6-8-18)24(28)20-14-25(13-16-9-11-30-12-10-16)23-19(20)3-2-4-21(23)31-15-22(26)27/h2-8,14,16H,9-13,15H2,1H3,(H,26,27). The number of aromatic nitrogens is 1. The zero-order chi connectivity index (χ0) is 21.8. The third-order valence-corrected chi connectivity index (χ3v) is 5.61. The molecule has 31 heavy (non-hydrogen) atoms. The second kappa shape index (κ2) is 9.22. The molecule has 0 aliphatic carbocycles. The smallest absolute Gasteiger partial charge is 0.341 e. The fraction of sp³-hybridized carbons (Fsp3) is 0.333. The number of ether oxygens (including phenoxy) is 3. The Kier molecular flexibility index (Phi) is 6.23. The molecule has 2 aromatic carbocycles. The number of hydrogen-bond acceptors (Lipinski definition) is 5. The minimum absolute atomic E-state index is 0.103. The summed E-state index contributed by atoms with van der Waals surface area (Å²) in [5, 5.41) is 9.80. The van der Waals surface area contributed by atoms with Crippen molar-refractivity contribution >= 4 is 22.7 Å². The number of methoxy groups -OCH3 is 1. The van der Waals surface area contributed by atoms with Crippen molar-refractivity contribution in [2.75, 3.05) is 26.9 Å². The predicted octanol–water partition coefficient (Wildman–Crippen LogP) is 3.77. The highest BCUT2D eigenvalue weighted by molar-refractivity contribution is 6.17. The quantitative estimate of drug-likeness (QED) is 0.555. The Balaban J connectivity index is 1.76. The van der Waals surface area contributed by atoms with Crippen LogP contribution in [0.25, 0.3) is 10.9 Å². The molecule has 0 amide bonds. The monoisotopic (exact) mass is 423 g/mol. The van der Waals surface area contributed by atoms with E-state index in [0.717, 1.165) is 37.0 Å².